The Labute approximate surface area is 118 Å². The molecule has 0 saturated carbocycles. The smallest absolute Gasteiger partial charge is 0.439 e. The Morgan fingerprint density at radius 3 is 2.22 bits per heavy atom. The first kappa shape index (κ1) is 16.2. The van der Waals surface area contributed by atoms with E-state index in [0.717, 1.165) is 11.8 Å². The number of carbonyl (C=O) groups excluding carboxylic acids is 1. The van der Waals surface area contributed by atoms with E-state index in [1.54, 1.807) is 6.08 Å². The van der Waals surface area contributed by atoms with Crippen LogP contribution in [0.25, 0.3) is 6.08 Å². The summed E-state index contributed by atoms with van der Waals surface area (Å²) in [5, 5.41) is 0. The third kappa shape index (κ3) is 7.44. The summed E-state index contributed by atoms with van der Waals surface area (Å²) in [7, 11) is 0. The minimum Gasteiger partial charge on any atom is -0.439 e. The van der Waals surface area contributed by atoms with E-state index >= 15 is 0 Å². The van der Waals surface area contributed by atoms with Gasteiger partial charge >= 0.3 is 17.1 Å². The van der Waals surface area contributed by atoms with Gasteiger partial charge in [0.1, 0.15) is 0 Å². The van der Waals surface area contributed by atoms with Crippen LogP contribution in [0.1, 0.15) is 5.56 Å². The quantitative estimate of drug-likeness (QED) is 0.283. The first-order chi connectivity index (χ1) is 8.33. The van der Waals surface area contributed by atoms with Crippen LogP contribution < -0.4 is 0 Å². The van der Waals surface area contributed by atoms with Crippen LogP contribution in [0.3, 0.4) is 0 Å². The third-order valence-corrected chi connectivity index (χ3v) is 1.86. The molecule has 0 spiro atoms. The van der Waals surface area contributed by atoms with Gasteiger partial charge in [-0.3, -0.25) is 4.79 Å². The molecule has 2 aromatic rings. The molecule has 0 atom stereocenters. The number of carbonyl (C=O) groups is 1. The van der Waals surface area contributed by atoms with E-state index in [2.05, 4.69) is 11.3 Å². The van der Waals surface area contributed by atoms with Crippen molar-refractivity contribution < 1.29 is 26.6 Å². The summed E-state index contributed by atoms with van der Waals surface area (Å²) in [4.78, 5) is 10.8. The predicted octanol–water partition coefficient (Wildman–Crippen LogP) is 3.51. The number of hydrogen-bond donors (Lipinski definition) is 0. The SMILES string of the molecule is C=COC(=O)C=C[c-]1cccc1.[Fe+2].c1cc[cH-]c1. The fourth-order valence-electron chi connectivity index (χ4n) is 1.11. The minimum atomic E-state index is -0.411. The van der Waals surface area contributed by atoms with Gasteiger partial charge in [0.25, 0.3) is 5.97 Å². The van der Waals surface area contributed by atoms with Gasteiger partial charge in [0, 0.05) is 0 Å². The Kier molecular flexibility index (Phi) is 9.28. The molecule has 0 N–H and O–H groups in total. The second kappa shape index (κ2) is 10.3. The van der Waals surface area contributed by atoms with Crippen molar-refractivity contribution in [1.82, 2.24) is 0 Å². The predicted molar refractivity (Wildman–Crippen MR) is 69.4 cm³/mol. The van der Waals surface area contributed by atoms with Gasteiger partial charge in [-0.1, -0.05) is 6.58 Å². The number of ether oxygens (including phenoxy) is 1. The van der Waals surface area contributed by atoms with E-state index in [1.807, 2.05) is 54.6 Å². The molecule has 94 valence electrons. The Hall–Kier alpha value is -1.83. The molecule has 18 heavy (non-hydrogen) atoms. The Morgan fingerprint density at radius 1 is 1.17 bits per heavy atom. The summed E-state index contributed by atoms with van der Waals surface area (Å²) in [5.41, 5.74) is 0.982. The van der Waals surface area contributed by atoms with Crippen molar-refractivity contribution in [3.05, 3.63) is 79.1 Å². The maximum atomic E-state index is 10.8. The van der Waals surface area contributed by atoms with Crippen molar-refractivity contribution >= 4 is 12.0 Å². The Balaban J connectivity index is 0.000000405. The van der Waals surface area contributed by atoms with Crippen molar-refractivity contribution in [2.45, 2.75) is 0 Å². The van der Waals surface area contributed by atoms with Crippen LogP contribution in [0.4, 0.5) is 0 Å². The summed E-state index contributed by atoms with van der Waals surface area (Å²) < 4.78 is 4.48. The monoisotopic (exact) mass is 282 g/mol. The van der Waals surface area contributed by atoms with E-state index < -0.39 is 5.97 Å². The topological polar surface area (TPSA) is 26.3 Å². The molecule has 0 amide bonds. The zero-order chi connectivity index (χ0) is 12.3. The van der Waals surface area contributed by atoms with Gasteiger partial charge in [0.2, 0.25) is 0 Å². The summed E-state index contributed by atoms with van der Waals surface area (Å²) in [6, 6.07) is 17.6. The van der Waals surface area contributed by atoms with Crippen molar-refractivity contribution in [2.75, 3.05) is 0 Å². The third-order valence-electron chi connectivity index (χ3n) is 1.86. The van der Waals surface area contributed by atoms with Crippen LogP contribution in [0.2, 0.25) is 0 Å². The molecule has 3 heteroatoms. The minimum absolute atomic E-state index is 0. The second-order valence-corrected chi connectivity index (χ2v) is 3.12. The average molecular weight is 282 g/mol. The van der Waals surface area contributed by atoms with Gasteiger partial charge in [-0.05, 0) is 6.08 Å². The van der Waals surface area contributed by atoms with E-state index in [1.165, 1.54) is 6.08 Å². The van der Waals surface area contributed by atoms with Gasteiger partial charge < -0.3 is 4.74 Å². The van der Waals surface area contributed by atoms with E-state index in [0.29, 0.717) is 0 Å². The molecule has 0 aliphatic rings. The van der Waals surface area contributed by atoms with Gasteiger partial charge in [-0.25, -0.2) is 12.1 Å². The van der Waals surface area contributed by atoms with Crippen molar-refractivity contribution in [1.29, 1.82) is 0 Å². The largest absolute Gasteiger partial charge is 2.00 e. The first-order valence-electron chi connectivity index (χ1n) is 5.21. The van der Waals surface area contributed by atoms with Crippen LogP contribution in [-0.4, -0.2) is 5.97 Å². The summed E-state index contributed by atoms with van der Waals surface area (Å²) >= 11 is 0. The zero-order valence-electron chi connectivity index (χ0n) is 9.81. The molecule has 0 bridgehead atoms. The Morgan fingerprint density at radius 2 is 1.78 bits per heavy atom. The van der Waals surface area contributed by atoms with Crippen LogP contribution in [0.15, 0.2) is 73.5 Å². The van der Waals surface area contributed by atoms with Crippen molar-refractivity contribution in [3.63, 3.8) is 0 Å². The summed E-state index contributed by atoms with van der Waals surface area (Å²) in [6.07, 6.45) is 4.15. The number of rotatable bonds is 3. The molecule has 0 heterocycles. The average Bonchev–Trinajstić information content (AvgIpc) is 3.03. The van der Waals surface area contributed by atoms with E-state index in [-0.39, 0.29) is 17.1 Å². The molecule has 0 aromatic heterocycles. The molecule has 0 unspecified atom stereocenters. The summed E-state index contributed by atoms with van der Waals surface area (Å²) in [6.45, 7) is 3.27. The van der Waals surface area contributed by atoms with Crippen LogP contribution in [0.5, 0.6) is 0 Å². The maximum absolute atomic E-state index is 10.8. The second-order valence-electron chi connectivity index (χ2n) is 3.12. The standard InChI is InChI=1S/C10H9O2.C5H5.Fe/c1-2-12-10(11)8-7-9-5-3-4-6-9;1-2-4-5-3-1;/h2-8H,1H2;1-5H;/q2*-1;+2. The number of hydrogen-bond acceptors (Lipinski definition) is 2. The number of esters is 1. The fraction of sp³-hybridized carbons (Fsp3) is 0. The molecule has 0 aliphatic carbocycles. The molecular formula is C15H14FeO2. The van der Waals surface area contributed by atoms with Gasteiger partial charge in [0.05, 0.1) is 6.26 Å². The molecular weight excluding hydrogens is 268 g/mol. The molecule has 2 nitrogen and oxygen atoms in total. The normalized spacial score (nSPS) is 8.89. The fourth-order valence-corrected chi connectivity index (χ4v) is 1.11. The molecule has 0 fully saturated rings. The van der Waals surface area contributed by atoms with E-state index in [9.17, 15) is 4.79 Å². The van der Waals surface area contributed by atoms with Gasteiger partial charge in [-0.15, -0.1) is 23.8 Å². The van der Waals surface area contributed by atoms with Gasteiger partial charge in [-0.2, -0.15) is 30.3 Å². The van der Waals surface area contributed by atoms with Gasteiger partial charge in [0.15, 0.2) is 0 Å². The van der Waals surface area contributed by atoms with Crippen LogP contribution in [-0.2, 0) is 26.6 Å². The maximum Gasteiger partial charge on any atom is 2.00 e. The first-order valence-corrected chi connectivity index (χ1v) is 5.21. The summed E-state index contributed by atoms with van der Waals surface area (Å²) in [5.74, 6) is -0.411. The van der Waals surface area contributed by atoms with Crippen molar-refractivity contribution in [2.24, 2.45) is 0 Å². The van der Waals surface area contributed by atoms with Crippen molar-refractivity contribution in [3.8, 4) is 0 Å². The Bertz CT molecular complexity index is 422. The molecule has 2 aromatic carbocycles. The molecule has 2 rings (SSSR count). The molecule has 0 radical (unpaired) electrons. The zero-order valence-corrected chi connectivity index (χ0v) is 10.9. The molecule has 0 saturated heterocycles. The van der Waals surface area contributed by atoms with E-state index in [4.69, 9.17) is 0 Å². The van der Waals surface area contributed by atoms with Crippen LogP contribution in [0, 0.1) is 0 Å². The van der Waals surface area contributed by atoms with Crippen LogP contribution >= 0.6 is 0 Å². The molecule has 0 aliphatic heterocycles.